The lowest BCUT2D eigenvalue weighted by molar-refractivity contribution is -0.137. The van der Waals surface area contributed by atoms with Gasteiger partial charge in [0.05, 0.1) is 5.56 Å². The molecule has 0 saturated carbocycles. The monoisotopic (exact) mass is 341 g/mol. The zero-order valence-corrected chi connectivity index (χ0v) is 14.1. The van der Waals surface area contributed by atoms with Gasteiger partial charge in [-0.15, -0.1) is 0 Å². The standard InChI is InChI=1S/C18H22F3NS/c1-12-6-13(8-16(7-12)18(19,20)21)9-17(23)10-15-11-22-4-2-14(15)3-5-22/h6-8,14-15H,2-5,9-11H2,1H3. The average molecular weight is 341 g/mol. The van der Waals surface area contributed by atoms with Gasteiger partial charge in [0.25, 0.3) is 0 Å². The minimum absolute atomic E-state index is 0.476. The molecule has 1 atom stereocenters. The molecule has 1 aromatic carbocycles. The lowest BCUT2D eigenvalue weighted by Crippen LogP contribution is -2.47. The largest absolute Gasteiger partial charge is 0.416 e. The molecule has 3 saturated heterocycles. The van der Waals surface area contributed by atoms with Gasteiger partial charge in [0.1, 0.15) is 0 Å². The minimum Gasteiger partial charge on any atom is -0.303 e. The van der Waals surface area contributed by atoms with Crippen LogP contribution in [-0.2, 0) is 12.6 Å². The number of alkyl halides is 3. The van der Waals surface area contributed by atoms with Crippen LogP contribution in [0.25, 0.3) is 0 Å². The van der Waals surface area contributed by atoms with Crippen LogP contribution in [0.1, 0.15) is 36.0 Å². The van der Waals surface area contributed by atoms with Crippen LogP contribution < -0.4 is 0 Å². The Hall–Kier alpha value is -0.940. The molecule has 1 unspecified atom stereocenters. The number of aryl methyl sites for hydroxylation is 1. The molecule has 0 spiro atoms. The summed E-state index contributed by atoms with van der Waals surface area (Å²) in [5.41, 5.74) is 0.752. The van der Waals surface area contributed by atoms with Crippen molar-refractivity contribution in [1.29, 1.82) is 0 Å². The molecule has 4 rings (SSSR count). The van der Waals surface area contributed by atoms with Crippen molar-refractivity contribution < 1.29 is 13.2 Å². The van der Waals surface area contributed by atoms with Crippen molar-refractivity contribution in [2.24, 2.45) is 11.8 Å². The fourth-order valence-corrected chi connectivity index (χ4v) is 4.42. The van der Waals surface area contributed by atoms with E-state index in [-0.39, 0.29) is 0 Å². The Morgan fingerprint density at radius 1 is 1.22 bits per heavy atom. The second-order valence-electron chi connectivity index (χ2n) is 7.02. The molecule has 5 heteroatoms. The summed E-state index contributed by atoms with van der Waals surface area (Å²) in [6.45, 7) is 5.20. The number of nitrogens with zero attached hydrogens (tertiary/aromatic N) is 1. The molecule has 1 nitrogen and oxygen atoms in total. The van der Waals surface area contributed by atoms with Gasteiger partial charge in [0, 0.05) is 13.0 Å². The summed E-state index contributed by atoms with van der Waals surface area (Å²) in [5, 5.41) is 0. The first kappa shape index (κ1) is 16.9. The molecule has 0 radical (unpaired) electrons. The van der Waals surface area contributed by atoms with Gasteiger partial charge in [0.15, 0.2) is 0 Å². The summed E-state index contributed by atoms with van der Waals surface area (Å²) in [7, 11) is 0. The SMILES string of the molecule is Cc1cc(CC(=S)CC2CN3CCC2CC3)cc(C(F)(F)F)c1. The van der Waals surface area contributed by atoms with E-state index in [1.165, 1.54) is 38.1 Å². The summed E-state index contributed by atoms with van der Waals surface area (Å²) < 4.78 is 38.8. The number of piperidine rings is 3. The third-order valence-electron chi connectivity index (χ3n) is 5.15. The van der Waals surface area contributed by atoms with E-state index in [1.54, 1.807) is 6.92 Å². The van der Waals surface area contributed by atoms with Gasteiger partial charge >= 0.3 is 6.18 Å². The van der Waals surface area contributed by atoms with E-state index in [1.807, 2.05) is 6.07 Å². The Labute approximate surface area is 140 Å². The van der Waals surface area contributed by atoms with E-state index in [2.05, 4.69) is 4.90 Å². The normalized spacial score (nSPS) is 27.2. The second-order valence-corrected chi connectivity index (χ2v) is 7.60. The van der Waals surface area contributed by atoms with Gasteiger partial charge in [0.2, 0.25) is 0 Å². The maximum absolute atomic E-state index is 12.9. The molecule has 23 heavy (non-hydrogen) atoms. The number of fused-ring (bicyclic) bond motifs is 3. The molecule has 126 valence electrons. The van der Waals surface area contributed by atoms with Crippen LogP contribution in [-0.4, -0.2) is 29.4 Å². The number of thiocarbonyl (C=S) groups is 1. The van der Waals surface area contributed by atoms with Crippen LogP contribution in [0.4, 0.5) is 13.2 Å². The van der Waals surface area contributed by atoms with Gasteiger partial charge in [-0.3, -0.25) is 0 Å². The maximum atomic E-state index is 12.9. The van der Waals surface area contributed by atoms with Crippen molar-refractivity contribution in [1.82, 2.24) is 4.90 Å². The van der Waals surface area contributed by atoms with Gasteiger partial charge < -0.3 is 4.90 Å². The Kier molecular flexibility index (Phi) is 4.79. The number of hydrogen-bond donors (Lipinski definition) is 0. The highest BCUT2D eigenvalue weighted by molar-refractivity contribution is 7.80. The molecule has 0 N–H and O–H groups in total. The summed E-state index contributed by atoms with van der Waals surface area (Å²) in [6.07, 6.45) is -0.459. The van der Waals surface area contributed by atoms with E-state index < -0.39 is 11.7 Å². The maximum Gasteiger partial charge on any atom is 0.416 e. The second kappa shape index (κ2) is 6.52. The number of rotatable bonds is 4. The predicted octanol–water partition coefficient (Wildman–Crippen LogP) is 4.66. The van der Waals surface area contributed by atoms with Crippen LogP contribution in [0.2, 0.25) is 0 Å². The highest BCUT2D eigenvalue weighted by Gasteiger charge is 2.34. The van der Waals surface area contributed by atoms with Crippen molar-refractivity contribution in [3.05, 3.63) is 34.9 Å². The van der Waals surface area contributed by atoms with Crippen molar-refractivity contribution in [3.8, 4) is 0 Å². The van der Waals surface area contributed by atoms with E-state index in [4.69, 9.17) is 12.2 Å². The van der Waals surface area contributed by atoms with Crippen LogP contribution >= 0.6 is 12.2 Å². The van der Waals surface area contributed by atoms with Crippen LogP contribution in [0.3, 0.4) is 0 Å². The topological polar surface area (TPSA) is 3.24 Å². The summed E-state index contributed by atoms with van der Waals surface area (Å²) >= 11 is 5.51. The van der Waals surface area contributed by atoms with Crippen LogP contribution in [0, 0.1) is 18.8 Å². The summed E-state index contributed by atoms with van der Waals surface area (Å²) in [4.78, 5) is 3.38. The lowest BCUT2D eigenvalue weighted by Gasteiger charge is -2.45. The predicted molar refractivity (Wildman–Crippen MR) is 89.8 cm³/mol. The Morgan fingerprint density at radius 2 is 1.91 bits per heavy atom. The average Bonchev–Trinajstić information content (AvgIpc) is 2.46. The summed E-state index contributed by atoms with van der Waals surface area (Å²) in [5.74, 6) is 1.35. The van der Waals surface area contributed by atoms with E-state index in [9.17, 15) is 13.2 Å². The molecule has 0 aliphatic carbocycles. The fourth-order valence-electron chi connectivity index (χ4n) is 4.04. The van der Waals surface area contributed by atoms with Gasteiger partial charge in [-0.25, -0.2) is 0 Å². The van der Waals surface area contributed by atoms with Crippen molar-refractivity contribution in [2.45, 2.75) is 38.8 Å². The van der Waals surface area contributed by atoms with Crippen LogP contribution in [0.5, 0.6) is 0 Å². The molecular formula is C18H22F3NS. The minimum atomic E-state index is -4.29. The molecule has 3 fully saturated rings. The Morgan fingerprint density at radius 3 is 2.48 bits per heavy atom. The van der Waals surface area contributed by atoms with Crippen molar-refractivity contribution >= 4 is 17.1 Å². The molecule has 1 aromatic rings. The molecule has 0 amide bonds. The van der Waals surface area contributed by atoms with Gasteiger partial charge in [-0.05, 0) is 73.7 Å². The van der Waals surface area contributed by atoms with E-state index in [0.29, 0.717) is 23.5 Å². The number of benzene rings is 1. The van der Waals surface area contributed by atoms with Gasteiger partial charge in [-0.2, -0.15) is 13.2 Å². The quantitative estimate of drug-likeness (QED) is 0.733. The molecular weight excluding hydrogens is 319 g/mol. The number of hydrogen-bond acceptors (Lipinski definition) is 2. The third-order valence-corrected chi connectivity index (χ3v) is 5.46. The lowest BCUT2D eigenvalue weighted by atomic mass is 9.76. The van der Waals surface area contributed by atoms with Crippen LogP contribution in [0.15, 0.2) is 18.2 Å². The smallest absolute Gasteiger partial charge is 0.303 e. The molecule has 2 bridgehead atoms. The zero-order chi connectivity index (χ0) is 16.6. The first-order valence-corrected chi connectivity index (χ1v) is 8.64. The first-order valence-electron chi connectivity index (χ1n) is 8.23. The van der Waals surface area contributed by atoms with Crippen molar-refractivity contribution in [3.63, 3.8) is 0 Å². The number of halogens is 3. The zero-order valence-electron chi connectivity index (χ0n) is 13.3. The van der Waals surface area contributed by atoms with Crippen molar-refractivity contribution in [2.75, 3.05) is 19.6 Å². The molecule has 3 aliphatic heterocycles. The third kappa shape index (κ3) is 4.13. The van der Waals surface area contributed by atoms with E-state index in [0.717, 1.165) is 23.7 Å². The molecule has 0 aromatic heterocycles. The highest BCUT2D eigenvalue weighted by atomic mass is 32.1. The molecule has 3 heterocycles. The first-order chi connectivity index (χ1) is 10.8. The Balaban J connectivity index is 1.65. The Bertz CT molecular complexity index is 588. The van der Waals surface area contributed by atoms with E-state index >= 15 is 0 Å². The summed E-state index contributed by atoms with van der Waals surface area (Å²) in [6, 6.07) is 4.26. The fraction of sp³-hybridized carbons (Fsp3) is 0.611. The molecule has 3 aliphatic rings. The highest BCUT2D eigenvalue weighted by Crippen LogP contribution is 2.35. The van der Waals surface area contributed by atoms with Gasteiger partial charge in [-0.1, -0.05) is 23.8 Å².